The van der Waals surface area contributed by atoms with Gasteiger partial charge in [-0.15, -0.1) is 4.68 Å². The molecule has 0 atom stereocenters. The van der Waals surface area contributed by atoms with Gasteiger partial charge in [0.1, 0.15) is 6.26 Å². The first kappa shape index (κ1) is 20.4. The number of anilines is 1. The smallest absolute Gasteiger partial charge is 0.371 e. The highest BCUT2D eigenvalue weighted by molar-refractivity contribution is 5.48. The number of benzene rings is 1. The van der Waals surface area contributed by atoms with Gasteiger partial charge in [-0.1, -0.05) is 18.2 Å². The summed E-state index contributed by atoms with van der Waals surface area (Å²) in [5.41, 5.74) is 6.02. The minimum Gasteiger partial charge on any atom is -0.463 e. The van der Waals surface area contributed by atoms with Crippen LogP contribution in [-0.2, 0) is 16.0 Å². The highest BCUT2D eigenvalue weighted by atomic mass is 19.3. The molecule has 0 radical (unpaired) electrons. The molecule has 2 aliphatic rings. The average Bonchev–Trinajstić information content (AvgIpc) is 3.07. The summed E-state index contributed by atoms with van der Waals surface area (Å²) in [4.78, 5) is 12.6. The van der Waals surface area contributed by atoms with Gasteiger partial charge in [0.05, 0.1) is 12.1 Å². The number of rotatable bonds is 4. The number of alkyl halides is 4. The summed E-state index contributed by atoms with van der Waals surface area (Å²) in [7, 11) is 0. The molecule has 0 saturated heterocycles. The van der Waals surface area contributed by atoms with Crippen LogP contribution in [0.15, 0.2) is 65.1 Å². The molecule has 162 valence electrons. The van der Waals surface area contributed by atoms with E-state index >= 15 is 0 Å². The number of nitrogens with two attached hydrogens (primary N) is 1. The van der Waals surface area contributed by atoms with Gasteiger partial charge < -0.3 is 15.2 Å². The van der Waals surface area contributed by atoms with Crippen molar-refractivity contribution in [2.45, 2.75) is 25.3 Å². The minimum absolute atomic E-state index is 0.0526. The molecule has 2 heterocycles. The summed E-state index contributed by atoms with van der Waals surface area (Å²) in [5, 5.41) is 7.37. The standard InChI is InChI=1S/C19H15F4N5O3/c1-11-7-12(4-5-14(11)24)8-27-17(29)28(26-25-27)16-10-30-9-15(31-16)13-3-2-6-18(20,21)19(13,22)23/h2-7,9-10H,8,24H2,1H3. The second-order valence-electron chi connectivity index (χ2n) is 6.84. The van der Waals surface area contributed by atoms with Crippen molar-refractivity contribution in [2.24, 2.45) is 0 Å². The SMILES string of the molecule is Cc1cc(Cn2nnn(C3=COC=C(C4=CC=CC(F)(F)C4(F)F)O3)c2=O)ccc1N. The van der Waals surface area contributed by atoms with Crippen LogP contribution in [0.25, 0.3) is 5.88 Å². The minimum atomic E-state index is -4.55. The van der Waals surface area contributed by atoms with E-state index in [1.54, 1.807) is 25.1 Å². The second kappa shape index (κ2) is 7.15. The van der Waals surface area contributed by atoms with Gasteiger partial charge in [-0.2, -0.15) is 22.2 Å². The van der Waals surface area contributed by atoms with E-state index in [1.165, 1.54) is 0 Å². The molecule has 0 spiro atoms. The zero-order chi connectivity index (χ0) is 22.4. The van der Waals surface area contributed by atoms with Crippen LogP contribution < -0.4 is 11.4 Å². The van der Waals surface area contributed by atoms with Crippen LogP contribution in [0.1, 0.15) is 11.1 Å². The zero-order valence-corrected chi connectivity index (χ0v) is 15.9. The monoisotopic (exact) mass is 437 g/mol. The van der Waals surface area contributed by atoms with E-state index in [0.29, 0.717) is 10.4 Å². The Hall–Kier alpha value is -3.83. The van der Waals surface area contributed by atoms with Crippen molar-refractivity contribution in [2.75, 3.05) is 5.73 Å². The van der Waals surface area contributed by atoms with Crippen LogP contribution in [-0.4, -0.2) is 31.6 Å². The number of ether oxygens (including phenoxy) is 2. The van der Waals surface area contributed by atoms with Crippen LogP contribution in [0.5, 0.6) is 0 Å². The van der Waals surface area contributed by atoms with Crippen molar-refractivity contribution < 1.29 is 27.0 Å². The Morgan fingerprint density at radius 3 is 2.68 bits per heavy atom. The maximum atomic E-state index is 14.2. The number of nitrogens with zero attached hydrogens (tertiary/aromatic N) is 4. The van der Waals surface area contributed by atoms with Gasteiger partial charge in [-0.25, -0.2) is 4.79 Å². The Morgan fingerprint density at radius 1 is 1.16 bits per heavy atom. The number of hydrogen-bond acceptors (Lipinski definition) is 6. The first-order valence-corrected chi connectivity index (χ1v) is 8.88. The summed E-state index contributed by atoms with van der Waals surface area (Å²) in [6.07, 6.45) is 3.29. The molecule has 0 bridgehead atoms. The lowest BCUT2D eigenvalue weighted by Crippen LogP contribution is -2.43. The van der Waals surface area contributed by atoms with Gasteiger partial charge in [0, 0.05) is 5.69 Å². The van der Waals surface area contributed by atoms with Crippen molar-refractivity contribution in [1.29, 1.82) is 0 Å². The Balaban J connectivity index is 1.57. The molecule has 31 heavy (non-hydrogen) atoms. The molecule has 0 fully saturated rings. The van der Waals surface area contributed by atoms with Crippen LogP contribution in [0, 0.1) is 6.92 Å². The molecule has 0 unspecified atom stereocenters. The fourth-order valence-corrected chi connectivity index (χ4v) is 2.94. The average molecular weight is 437 g/mol. The van der Waals surface area contributed by atoms with Crippen molar-refractivity contribution in [1.82, 2.24) is 19.8 Å². The second-order valence-corrected chi connectivity index (χ2v) is 6.84. The first-order chi connectivity index (χ1) is 14.6. The van der Waals surface area contributed by atoms with Crippen LogP contribution in [0.2, 0.25) is 0 Å². The third-order valence-corrected chi connectivity index (χ3v) is 4.66. The summed E-state index contributed by atoms with van der Waals surface area (Å²) in [6, 6.07) is 5.16. The third kappa shape index (κ3) is 3.49. The number of hydrogen-bond donors (Lipinski definition) is 1. The molecule has 1 aliphatic carbocycles. The predicted molar refractivity (Wildman–Crippen MR) is 101 cm³/mol. The highest BCUT2D eigenvalue weighted by Gasteiger charge is 2.59. The number of allylic oxidation sites excluding steroid dienone is 4. The van der Waals surface area contributed by atoms with Gasteiger partial charge in [-0.3, -0.25) is 0 Å². The van der Waals surface area contributed by atoms with E-state index in [0.717, 1.165) is 40.5 Å². The quantitative estimate of drug-likeness (QED) is 0.584. The van der Waals surface area contributed by atoms with Crippen molar-refractivity contribution in [3.05, 3.63) is 81.9 Å². The Kier molecular flexibility index (Phi) is 4.71. The Bertz CT molecular complexity index is 1220. The topological polar surface area (TPSA) is 97.2 Å². The van der Waals surface area contributed by atoms with Crippen molar-refractivity contribution in [3.63, 3.8) is 0 Å². The van der Waals surface area contributed by atoms with Gasteiger partial charge in [-0.05, 0) is 46.7 Å². The molecule has 2 N–H and O–H groups in total. The van der Waals surface area contributed by atoms with E-state index in [-0.39, 0.29) is 12.6 Å². The fraction of sp³-hybridized carbons (Fsp3) is 0.211. The molecule has 12 heteroatoms. The van der Waals surface area contributed by atoms with Gasteiger partial charge in [0.2, 0.25) is 0 Å². The van der Waals surface area contributed by atoms with E-state index in [4.69, 9.17) is 15.2 Å². The lowest BCUT2D eigenvalue weighted by molar-refractivity contribution is -0.156. The number of halogens is 4. The van der Waals surface area contributed by atoms with Crippen LogP contribution >= 0.6 is 0 Å². The summed E-state index contributed by atoms with van der Waals surface area (Å²) in [6.45, 7) is 1.86. The Morgan fingerprint density at radius 2 is 1.94 bits per heavy atom. The first-order valence-electron chi connectivity index (χ1n) is 8.88. The van der Waals surface area contributed by atoms with E-state index in [2.05, 4.69) is 10.4 Å². The maximum Gasteiger partial charge on any atom is 0.371 e. The third-order valence-electron chi connectivity index (χ3n) is 4.66. The number of nitrogen functional groups attached to an aromatic ring is 1. The van der Waals surface area contributed by atoms with E-state index in [9.17, 15) is 22.4 Å². The molecule has 8 nitrogen and oxygen atoms in total. The molecule has 0 saturated carbocycles. The highest BCUT2D eigenvalue weighted by Crippen LogP contribution is 2.46. The number of aromatic nitrogens is 4. The predicted octanol–water partition coefficient (Wildman–Crippen LogP) is 2.79. The molecule has 2 aromatic rings. The molecule has 1 aromatic heterocycles. The molecular weight excluding hydrogens is 422 g/mol. The van der Waals surface area contributed by atoms with E-state index in [1.807, 2.05) is 0 Å². The lowest BCUT2D eigenvalue weighted by Gasteiger charge is -2.30. The normalized spacial score (nSPS) is 19.1. The lowest BCUT2D eigenvalue weighted by atomic mass is 9.95. The molecule has 1 aromatic carbocycles. The number of tetrazole rings is 1. The Labute approximate surface area is 172 Å². The van der Waals surface area contributed by atoms with Crippen molar-refractivity contribution >= 4 is 11.6 Å². The van der Waals surface area contributed by atoms with Gasteiger partial charge in [0.25, 0.3) is 5.88 Å². The molecule has 4 rings (SSSR count). The van der Waals surface area contributed by atoms with E-state index < -0.39 is 34.8 Å². The maximum absolute atomic E-state index is 14.2. The van der Waals surface area contributed by atoms with Gasteiger partial charge in [0.15, 0.2) is 12.0 Å². The summed E-state index contributed by atoms with van der Waals surface area (Å²) in [5.74, 6) is -10.1. The molecular formula is C19H15F4N5O3. The van der Waals surface area contributed by atoms with Crippen LogP contribution in [0.4, 0.5) is 23.2 Å². The molecule has 1 aliphatic heterocycles. The van der Waals surface area contributed by atoms with Crippen LogP contribution in [0.3, 0.4) is 0 Å². The fourth-order valence-electron chi connectivity index (χ4n) is 2.94. The number of aryl methyl sites for hydroxylation is 1. The largest absolute Gasteiger partial charge is 0.463 e. The zero-order valence-electron chi connectivity index (χ0n) is 15.9. The van der Waals surface area contributed by atoms with Crippen molar-refractivity contribution in [3.8, 4) is 0 Å². The summed E-state index contributed by atoms with van der Waals surface area (Å²) >= 11 is 0. The summed E-state index contributed by atoms with van der Waals surface area (Å²) < 4.78 is 67.4. The van der Waals surface area contributed by atoms with Gasteiger partial charge >= 0.3 is 17.5 Å². The molecule has 0 amide bonds.